The molecule has 0 amide bonds. The van der Waals surface area contributed by atoms with Crippen LogP contribution >= 0.6 is 0 Å². The van der Waals surface area contributed by atoms with Gasteiger partial charge in [0.25, 0.3) is 0 Å². The molecular weight excluding hydrogens is 176 g/mol. The smallest absolute Gasteiger partial charge is 0.194 e. The van der Waals surface area contributed by atoms with E-state index in [4.69, 9.17) is 10.2 Å². The lowest BCUT2D eigenvalue weighted by atomic mass is 10.2. The van der Waals surface area contributed by atoms with Crippen LogP contribution < -0.4 is 5.73 Å². The molecule has 0 fully saturated rings. The number of nitrogen functional groups attached to an aromatic ring is 1. The SMILES string of the molecule is Cc1c(N)oc2c1cn1ccccc21. The van der Waals surface area contributed by atoms with Crippen molar-refractivity contribution in [3.63, 3.8) is 0 Å². The van der Waals surface area contributed by atoms with Gasteiger partial charge in [-0.25, -0.2) is 0 Å². The first-order valence-electron chi connectivity index (χ1n) is 4.51. The van der Waals surface area contributed by atoms with Crippen LogP contribution in [0, 0.1) is 6.92 Å². The number of aryl methyl sites for hydroxylation is 1. The summed E-state index contributed by atoms with van der Waals surface area (Å²) >= 11 is 0. The van der Waals surface area contributed by atoms with Crippen molar-refractivity contribution in [2.24, 2.45) is 0 Å². The van der Waals surface area contributed by atoms with Gasteiger partial charge in [-0.1, -0.05) is 6.07 Å². The van der Waals surface area contributed by atoms with Gasteiger partial charge in [-0.05, 0) is 19.1 Å². The van der Waals surface area contributed by atoms with Crippen molar-refractivity contribution in [3.05, 3.63) is 36.2 Å². The van der Waals surface area contributed by atoms with Crippen molar-refractivity contribution in [3.8, 4) is 0 Å². The molecule has 0 bridgehead atoms. The number of aromatic nitrogens is 1. The van der Waals surface area contributed by atoms with Crippen LogP contribution in [0.3, 0.4) is 0 Å². The van der Waals surface area contributed by atoms with Gasteiger partial charge >= 0.3 is 0 Å². The van der Waals surface area contributed by atoms with Crippen LogP contribution in [0.15, 0.2) is 35.0 Å². The Morgan fingerprint density at radius 2 is 2.21 bits per heavy atom. The Bertz CT molecular complexity index is 619. The van der Waals surface area contributed by atoms with E-state index in [0.29, 0.717) is 5.88 Å². The highest BCUT2D eigenvalue weighted by molar-refractivity contribution is 5.97. The van der Waals surface area contributed by atoms with E-state index in [0.717, 1.165) is 22.0 Å². The molecule has 70 valence electrons. The third-order valence-corrected chi connectivity index (χ3v) is 2.62. The van der Waals surface area contributed by atoms with Gasteiger partial charge in [-0.3, -0.25) is 0 Å². The lowest BCUT2D eigenvalue weighted by Gasteiger charge is -1.91. The van der Waals surface area contributed by atoms with Crippen molar-refractivity contribution in [2.75, 3.05) is 5.73 Å². The molecule has 0 spiro atoms. The average molecular weight is 186 g/mol. The standard InChI is InChI=1S/C11H10N2O/c1-7-8-6-13-5-3-2-4-9(13)10(8)14-11(7)12/h2-6H,12H2,1H3. The summed E-state index contributed by atoms with van der Waals surface area (Å²) < 4.78 is 7.55. The minimum atomic E-state index is 0.515. The number of furan rings is 1. The molecule has 3 aromatic heterocycles. The van der Waals surface area contributed by atoms with Crippen LogP contribution in [0.1, 0.15) is 5.56 Å². The summed E-state index contributed by atoms with van der Waals surface area (Å²) in [7, 11) is 0. The van der Waals surface area contributed by atoms with E-state index in [1.807, 2.05) is 41.9 Å². The molecule has 3 nitrogen and oxygen atoms in total. The molecule has 0 aliphatic rings. The van der Waals surface area contributed by atoms with Crippen LogP contribution in [-0.2, 0) is 0 Å². The van der Waals surface area contributed by atoms with Gasteiger partial charge in [0.05, 0.1) is 5.52 Å². The number of rotatable bonds is 0. The Balaban J connectivity index is 2.60. The Hall–Kier alpha value is -1.90. The second-order valence-corrected chi connectivity index (χ2v) is 3.46. The maximum atomic E-state index is 5.71. The molecule has 0 unspecified atom stereocenters. The molecule has 3 heterocycles. The van der Waals surface area contributed by atoms with Crippen molar-refractivity contribution in [1.29, 1.82) is 0 Å². The number of hydrogen-bond donors (Lipinski definition) is 1. The van der Waals surface area contributed by atoms with Gasteiger partial charge in [0, 0.05) is 23.3 Å². The number of fused-ring (bicyclic) bond motifs is 3. The second kappa shape index (κ2) is 2.32. The summed E-state index contributed by atoms with van der Waals surface area (Å²) in [6, 6.07) is 6.00. The van der Waals surface area contributed by atoms with Crippen LogP contribution in [0.5, 0.6) is 0 Å². The number of pyridine rings is 1. The van der Waals surface area contributed by atoms with Gasteiger partial charge in [0.1, 0.15) is 0 Å². The Morgan fingerprint density at radius 3 is 3.07 bits per heavy atom. The molecule has 0 aliphatic heterocycles. The fourth-order valence-electron chi connectivity index (χ4n) is 1.79. The summed E-state index contributed by atoms with van der Waals surface area (Å²) in [6.45, 7) is 1.97. The van der Waals surface area contributed by atoms with Crippen LogP contribution in [0.4, 0.5) is 5.88 Å². The number of anilines is 1. The first-order chi connectivity index (χ1) is 6.77. The largest absolute Gasteiger partial charge is 0.438 e. The van der Waals surface area contributed by atoms with Crippen molar-refractivity contribution in [2.45, 2.75) is 6.92 Å². The van der Waals surface area contributed by atoms with E-state index in [1.54, 1.807) is 0 Å². The van der Waals surface area contributed by atoms with Gasteiger partial charge in [-0.2, -0.15) is 0 Å². The molecule has 0 radical (unpaired) electrons. The molecule has 0 aromatic carbocycles. The monoisotopic (exact) mass is 186 g/mol. The predicted octanol–water partition coefficient (Wildman–Crippen LogP) is 2.58. The molecule has 2 N–H and O–H groups in total. The first kappa shape index (κ1) is 7.50. The van der Waals surface area contributed by atoms with Crippen LogP contribution in [-0.4, -0.2) is 4.40 Å². The van der Waals surface area contributed by atoms with E-state index in [9.17, 15) is 0 Å². The molecule has 3 heteroatoms. The zero-order valence-corrected chi connectivity index (χ0v) is 7.82. The van der Waals surface area contributed by atoms with E-state index in [2.05, 4.69) is 0 Å². The molecule has 0 saturated heterocycles. The van der Waals surface area contributed by atoms with Gasteiger partial charge < -0.3 is 14.6 Å². The third-order valence-electron chi connectivity index (χ3n) is 2.62. The Kier molecular flexibility index (Phi) is 1.24. The van der Waals surface area contributed by atoms with E-state index < -0.39 is 0 Å². The molecular formula is C11H10N2O. The average Bonchev–Trinajstić information content (AvgIpc) is 2.67. The highest BCUT2D eigenvalue weighted by Crippen LogP contribution is 2.31. The van der Waals surface area contributed by atoms with E-state index >= 15 is 0 Å². The Morgan fingerprint density at radius 1 is 1.36 bits per heavy atom. The Labute approximate surface area is 80.7 Å². The normalized spacial score (nSPS) is 11.5. The minimum Gasteiger partial charge on any atom is -0.438 e. The maximum absolute atomic E-state index is 5.71. The molecule has 3 rings (SSSR count). The highest BCUT2D eigenvalue weighted by atomic mass is 16.3. The highest BCUT2D eigenvalue weighted by Gasteiger charge is 2.11. The zero-order valence-electron chi connectivity index (χ0n) is 7.82. The molecule has 0 aliphatic carbocycles. The summed E-state index contributed by atoms with van der Waals surface area (Å²) in [5, 5.41) is 1.09. The summed E-state index contributed by atoms with van der Waals surface area (Å²) in [5.41, 5.74) is 8.66. The van der Waals surface area contributed by atoms with Gasteiger partial charge in [0.15, 0.2) is 11.5 Å². The van der Waals surface area contributed by atoms with Crippen molar-refractivity contribution < 1.29 is 4.42 Å². The van der Waals surface area contributed by atoms with Crippen LogP contribution in [0.25, 0.3) is 16.5 Å². The first-order valence-corrected chi connectivity index (χ1v) is 4.51. The van der Waals surface area contributed by atoms with Crippen molar-refractivity contribution in [1.82, 2.24) is 4.40 Å². The van der Waals surface area contributed by atoms with Gasteiger partial charge in [0.2, 0.25) is 0 Å². The fourth-order valence-corrected chi connectivity index (χ4v) is 1.79. The summed E-state index contributed by atoms with van der Waals surface area (Å²) in [6.07, 6.45) is 4.04. The van der Waals surface area contributed by atoms with Crippen LogP contribution in [0.2, 0.25) is 0 Å². The lowest BCUT2D eigenvalue weighted by Crippen LogP contribution is -1.83. The van der Waals surface area contributed by atoms with E-state index in [1.165, 1.54) is 0 Å². The predicted molar refractivity (Wildman–Crippen MR) is 56.3 cm³/mol. The summed E-state index contributed by atoms with van der Waals surface area (Å²) in [4.78, 5) is 0. The minimum absolute atomic E-state index is 0.515. The number of nitrogens with two attached hydrogens (primary N) is 1. The second-order valence-electron chi connectivity index (χ2n) is 3.46. The molecule has 14 heavy (non-hydrogen) atoms. The van der Waals surface area contributed by atoms with Crippen molar-refractivity contribution >= 4 is 22.4 Å². The maximum Gasteiger partial charge on any atom is 0.194 e. The zero-order chi connectivity index (χ0) is 9.71. The number of nitrogens with zero attached hydrogens (tertiary/aromatic N) is 1. The quantitative estimate of drug-likeness (QED) is 0.586. The number of hydrogen-bond acceptors (Lipinski definition) is 2. The molecule has 3 aromatic rings. The fraction of sp³-hybridized carbons (Fsp3) is 0.0909. The molecule has 0 saturated carbocycles. The third kappa shape index (κ3) is 0.763. The lowest BCUT2D eigenvalue weighted by molar-refractivity contribution is 0.637. The van der Waals surface area contributed by atoms with E-state index in [-0.39, 0.29) is 0 Å². The topological polar surface area (TPSA) is 43.6 Å². The van der Waals surface area contributed by atoms with Gasteiger partial charge in [-0.15, -0.1) is 0 Å². The summed E-state index contributed by atoms with van der Waals surface area (Å²) in [5.74, 6) is 0.515. The molecule has 0 atom stereocenters.